The van der Waals surface area contributed by atoms with Crippen molar-refractivity contribution in [2.45, 2.75) is 32.6 Å². The summed E-state index contributed by atoms with van der Waals surface area (Å²) in [5.41, 5.74) is 6.45. The topological polar surface area (TPSA) is 73.1 Å². The fraction of sp³-hybridized carbons (Fsp3) is 0.667. The Morgan fingerprint density at radius 2 is 2.12 bits per heavy atom. The van der Waals surface area contributed by atoms with Crippen LogP contribution in [0.1, 0.15) is 38.4 Å². The van der Waals surface area contributed by atoms with E-state index in [1.165, 1.54) is 0 Å². The van der Waals surface area contributed by atoms with Crippen LogP contribution >= 0.6 is 0 Å². The van der Waals surface area contributed by atoms with Crippen LogP contribution in [0.15, 0.2) is 0 Å². The lowest BCUT2D eigenvalue weighted by Crippen LogP contribution is -2.13. The van der Waals surface area contributed by atoms with Gasteiger partial charge in [-0.2, -0.15) is 4.98 Å². The molecule has 1 fully saturated rings. The van der Waals surface area contributed by atoms with Crippen LogP contribution in [0.25, 0.3) is 0 Å². The van der Waals surface area contributed by atoms with Crippen molar-refractivity contribution < 1.29 is 4.74 Å². The highest BCUT2D eigenvalue weighted by molar-refractivity contribution is 5.67. The molecule has 5 heteroatoms. The molecule has 2 rings (SSSR count). The molecule has 0 spiro atoms. The predicted octanol–water partition coefficient (Wildman–Crippen LogP) is 2.01. The summed E-state index contributed by atoms with van der Waals surface area (Å²) >= 11 is 0. The molecule has 3 N–H and O–H groups in total. The first kappa shape index (κ1) is 12.0. The minimum atomic E-state index is 0.480. The lowest BCUT2D eigenvalue weighted by Gasteiger charge is -2.13. The van der Waals surface area contributed by atoms with Gasteiger partial charge in [0, 0.05) is 12.5 Å². The molecule has 1 saturated carbocycles. The molecular weight excluding hydrogens is 216 g/mol. The summed E-state index contributed by atoms with van der Waals surface area (Å²) in [6.45, 7) is 5.13. The summed E-state index contributed by atoms with van der Waals surface area (Å²) in [7, 11) is 1.58. The molecule has 0 unspecified atom stereocenters. The molecule has 5 nitrogen and oxygen atoms in total. The molecule has 1 aliphatic carbocycles. The maximum Gasteiger partial charge on any atom is 0.242 e. The minimum Gasteiger partial charge on any atom is -0.479 e. The highest BCUT2D eigenvalue weighted by Gasteiger charge is 2.28. The van der Waals surface area contributed by atoms with E-state index in [-0.39, 0.29) is 0 Å². The zero-order valence-electron chi connectivity index (χ0n) is 10.7. The Balaban J connectivity index is 2.24. The summed E-state index contributed by atoms with van der Waals surface area (Å²) in [4.78, 5) is 8.83. The lowest BCUT2D eigenvalue weighted by molar-refractivity contribution is 0.397. The van der Waals surface area contributed by atoms with E-state index in [2.05, 4.69) is 29.1 Å². The summed E-state index contributed by atoms with van der Waals surface area (Å²) in [6, 6.07) is 0. The smallest absolute Gasteiger partial charge is 0.242 e. The molecule has 0 aromatic carbocycles. The number of anilines is 2. The molecular formula is C12H20N4O. The van der Waals surface area contributed by atoms with Crippen molar-refractivity contribution in [3.05, 3.63) is 5.82 Å². The van der Waals surface area contributed by atoms with Crippen LogP contribution in [0, 0.1) is 5.92 Å². The number of rotatable bonds is 5. The number of nitrogen functional groups attached to an aromatic ring is 1. The van der Waals surface area contributed by atoms with Gasteiger partial charge in [0.1, 0.15) is 11.5 Å². The lowest BCUT2D eigenvalue weighted by atomic mass is 10.2. The third-order valence-corrected chi connectivity index (χ3v) is 2.74. The molecule has 0 atom stereocenters. The largest absolute Gasteiger partial charge is 0.479 e. The SMILES string of the molecule is COc1nc(C2CC2)nc(NCC(C)C)c1N. The Hall–Kier alpha value is -1.52. The van der Waals surface area contributed by atoms with Crippen molar-refractivity contribution in [1.29, 1.82) is 0 Å². The molecule has 0 aliphatic heterocycles. The van der Waals surface area contributed by atoms with Gasteiger partial charge in [-0.25, -0.2) is 4.98 Å². The van der Waals surface area contributed by atoms with Crippen molar-refractivity contribution in [3.8, 4) is 5.88 Å². The average Bonchev–Trinajstić information content (AvgIpc) is 3.11. The molecule has 1 aliphatic rings. The highest BCUT2D eigenvalue weighted by Crippen LogP contribution is 2.40. The number of ether oxygens (including phenoxy) is 1. The fourth-order valence-corrected chi connectivity index (χ4v) is 1.58. The summed E-state index contributed by atoms with van der Waals surface area (Å²) in [6.07, 6.45) is 2.33. The molecule has 0 radical (unpaired) electrons. The molecule has 17 heavy (non-hydrogen) atoms. The number of aromatic nitrogens is 2. The minimum absolute atomic E-state index is 0.480. The van der Waals surface area contributed by atoms with Crippen LogP contribution in [-0.2, 0) is 0 Å². The van der Waals surface area contributed by atoms with E-state index in [0.717, 1.165) is 25.2 Å². The van der Waals surface area contributed by atoms with Crippen molar-refractivity contribution >= 4 is 11.5 Å². The second kappa shape index (κ2) is 4.77. The van der Waals surface area contributed by atoms with E-state index in [4.69, 9.17) is 10.5 Å². The summed E-state index contributed by atoms with van der Waals surface area (Å²) in [5.74, 6) is 3.06. The number of methoxy groups -OCH3 is 1. The maximum atomic E-state index is 5.96. The summed E-state index contributed by atoms with van der Waals surface area (Å²) in [5, 5.41) is 3.25. The Morgan fingerprint density at radius 3 is 2.65 bits per heavy atom. The monoisotopic (exact) mass is 236 g/mol. The van der Waals surface area contributed by atoms with Crippen LogP contribution in [0.2, 0.25) is 0 Å². The van der Waals surface area contributed by atoms with Gasteiger partial charge in [0.2, 0.25) is 5.88 Å². The van der Waals surface area contributed by atoms with Crippen LogP contribution in [0.4, 0.5) is 11.5 Å². The van der Waals surface area contributed by atoms with Gasteiger partial charge in [0.15, 0.2) is 5.82 Å². The average molecular weight is 236 g/mol. The zero-order valence-corrected chi connectivity index (χ0v) is 10.7. The zero-order chi connectivity index (χ0) is 12.4. The second-order valence-electron chi connectivity index (χ2n) is 4.90. The van der Waals surface area contributed by atoms with Gasteiger partial charge in [-0.3, -0.25) is 0 Å². The van der Waals surface area contributed by atoms with Gasteiger partial charge in [-0.15, -0.1) is 0 Å². The third-order valence-electron chi connectivity index (χ3n) is 2.74. The van der Waals surface area contributed by atoms with Crippen molar-refractivity contribution in [2.75, 3.05) is 24.7 Å². The first-order valence-corrected chi connectivity index (χ1v) is 6.07. The normalized spacial score (nSPS) is 15.1. The van der Waals surface area contributed by atoms with E-state index in [1.807, 2.05) is 0 Å². The van der Waals surface area contributed by atoms with Crippen LogP contribution in [-0.4, -0.2) is 23.6 Å². The van der Waals surface area contributed by atoms with E-state index in [0.29, 0.717) is 29.2 Å². The maximum absolute atomic E-state index is 5.96. The molecule has 1 aromatic rings. The first-order valence-electron chi connectivity index (χ1n) is 6.07. The third kappa shape index (κ3) is 2.78. The van der Waals surface area contributed by atoms with Crippen molar-refractivity contribution in [3.63, 3.8) is 0 Å². The van der Waals surface area contributed by atoms with Crippen molar-refractivity contribution in [2.24, 2.45) is 5.92 Å². The standard InChI is InChI=1S/C12H20N4O/c1-7(2)6-14-11-9(13)12(17-3)16-10(15-11)8-4-5-8/h7-8H,4-6,13H2,1-3H3,(H,14,15,16). The first-order chi connectivity index (χ1) is 8.11. The number of hydrogen-bond acceptors (Lipinski definition) is 5. The summed E-state index contributed by atoms with van der Waals surface area (Å²) < 4.78 is 5.19. The van der Waals surface area contributed by atoms with E-state index < -0.39 is 0 Å². The predicted molar refractivity (Wildman–Crippen MR) is 68.3 cm³/mol. The van der Waals surface area contributed by atoms with Gasteiger partial charge in [0.05, 0.1) is 7.11 Å². The van der Waals surface area contributed by atoms with Gasteiger partial charge >= 0.3 is 0 Å². The second-order valence-corrected chi connectivity index (χ2v) is 4.90. The van der Waals surface area contributed by atoms with Crippen molar-refractivity contribution in [1.82, 2.24) is 9.97 Å². The van der Waals surface area contributed by atoms with Crippen LogP contribution in [0.5, 0.6) is 5.88 Å². The highest BCUT2D eigenvalue weighted by atomic mass is 16.5. The van der Waals surface area contributed by atoms with Gasteiger partial charge in [-0.05, 0) is 18.8 Å². The van der Waals surface area contributed by atoms with E-state index >= 15 is 0 Å². The molecule has 94 valence electrons. The van der Waals surface area contributed by atoms with Crippen LogP contribution < -0.4 is 15.8 Å². The number of hydrogen-bond donors (Lipinski definition) is 2. The van der Waals surface area contributed by atoms with Gasteiger partial charge in [0.25, 0.3) is 0 Å². The van der Waals surface area contributed by atoms with E-state index in [9.17, 15) is 0 Å². The van der Waals surface area contributed by atoms with Gasteiger partial charge in [-0.1, -0.05) is 13.8 Å². The number of nitrogens with zero attached hydrogens (tertiary/aromatic N) is 2. The van der Waals surface area contributed by atoms with E-state index in [1.54, 1.807) is 7.11 Å². The molecule has 0 saturated heterocycles. The molecule has 0 bridgehead atoms. The molecule has 1 heterocycles. The molecule has 1 aromatic heterocycles. The molecule has 0 amide bonds. The Morgan fingerprint density at radius 1 is 1.41 bits per heavy atom. The number of nitrogens with two attached hydrogens (primary N) is 1. The quantitative estimate of drug-likeness (QED) is 0.818. The fourth-order valence-electron chi connectivity index (χ4n) is 1.58. The Labute approximate surface area is 102 Å². The Bertz CT molecular complexity index is 402. The number of nitrogens with one attached hydrogen (secondary N) is 1. The Kier molecular flexibility index (Phi) is 3.36. The van der Waals surface area contributed by atoms with Gasteiger partial charge < -0.3 is 15.8 Å². The van der Waals surface area contributed by atoms with Crippen LogP contribution in [0.3, 0.4) is 0 Å².